The van der Waals surface area contributed by atoms with Crippen molar-refractivity contribution in [1.82, 2.24) is 4.72 Å². The van der Waals surface area contributed by atoms with Crippen LogP contribution in [-0.2, 0) is 21.4 Å². The summed E-state index contributed by atoms with van der Waals surface area (Å²) in [5.41, 5.74) is 0.550. The molecule has 0 saturated heterocycles. The Bertz CT molecular complexity index is 518. The topological polar surface area (TPSA) is 75.6 Å². The first-order chi connectivity index (χ1) is 8.90. The number of methoxy groups -OCH3 is 1. The summed E-state index contributed by atoms with van der Waals surface area (Å²) in [6, 6.07) is 4.72. The highest BCUT2D eigenvalue weighted by Crippen LogP contribution is 2.23. The van der Waals surface area contributed by atoms with Crippen molar-refractivity contribution in [3.05, 3.63) is 28.2 Å². The van der Waals surface area contributed by atoms with Crippen molar-refractivity contribution in [1.29, 1.82) is 0 Å². The van der Waals surface area contributed by atoms with Crippen LogP contribution in [0.15, 0.2) is 27.6 Å². The maximum absolute atomic E-state index is 12.2. The normalized spacial score (nSPS) is 13.5. The van der Waals surface area contributed by atoms with E-state index in [4.69, 9.17) is 9.84 Å². The number of sulfonamides is 1. The van der Waals surface area contributed by atoms with Crippen LogP contribution in [0.2, 0.25) is 0 Å². The highest BCUT2D eigenvalue weighted by Gasteiger charge is 2.18. The number of hydrogen-bond donors (Lipinski definition) is 2. The number of ether oxygens (including phenoxy) is 1. The summed E-state index contributed by atoms with van der Waals surface area (Å²) in [7, 11) is -2.02. The zero-order valence-corrected chi connectivity index (χ0v) is 13.3. The molecule has 0 spiro atoms. The summed E-state index contributed by atoms with van der Waals surface area (Å²) in [5, 5.41) is 9.06. The van der Waals surface area contributed by atoms with Crippen LogP contribution in [0.1, 0.15) is 12.5 Å². The number of aliphatic hydroxyl groups excluding tert-OH is 1. The molecule has 0 aliphatic rings. The molecule has 1 unspecified atom stereocenters. The van der Waals surface area contributed by atoms with E-state index in [2.05, 4.69) is 20.7 Å². The molecule has 0 bridgehead atoms. The molecule has 0 radical (unpaired) electrons. The van der Waals surface area contributed by atoms with Gasteiger partial charge in [0.1, 0.15) is 0 Å². The second-order valence-electron chi connectivity index (χ2n) is 4.34. The van der Waals surface area contributed by atoms with E-state index < -0.39 is 10.0 Å². The minimum atomic E-state index is -3.60. The van der Waals surface area contributed by atoms with E-state index in [1.807, 2.05) is 6.92 Å². The van der Waals surface area contributed by atoms with Crippen LogP contribution < -0.4 is 4.72 Å². The van der Waals surface area contributed by atoms with Crippen molar-refractivity contribution < 1.29 is 18.3 Å². The molecular weight excluding hydrogens is 334 g/mol. The summed E-state index contributed by atoms with van der Waals surface area (Å²) in [6.07, 6.45) is 0. The molecule has 1 rings (SSSR count). The lowest BCUT2D eigenvalue weighted by Crippen LogP contribution is -2.30. The third-order valence-corrected chi connectivity index (χ3v) is 4.96. The van der Waals surface area contributed by atoms with Gasteiger partial charge in [-0.3, -0.25) is 0 Å². The fourth-order valence-electron chi connectivity index (χ4n) is 1.53. The number of rotatable bonds is 7. The molecule has 0 amide bonds. The first kappa shape index (κ1) is 16.6. The largest absolute Gasteiger partial charge is 0.392 e. The molecule has 0 aliphatic heterocycles. The van der Waals surface area contributed by atoms with E-state index in [0.29, 0.717) is 23.2 Å². The molecule has 19 heavy (non-hydrogen) atoms. The first-order valence-electron chi connectivity index (χ1n) is 5.78. The molecule has 1 aromatic rings. The van der Waals surface area contributed by atoms with E-state index in [1.54, 1.807) is 19.2 Å². The quantitative estimate of drug-likeness (QED) is 0.780. The van der Waals surface area contributed by atoms with Crippen molar-refractivity contribution >= 4 is 26.0 Å². The van der Waals surface area contributed by atoms with Gasteiger partial charge in [-0.1, -0.05) is 13.0 Å². The van der Waals surface area contributed by atoms with Gasteiger partial charge in [0.25, 0.3) is 0 Å². The minimum absolute atomic E-state index is 0.0829. The number of benzene rings is 1. The Hall–Kier alpha value is -0.470. The summed E-state index contributed by atoms with van der Waals surface area (Å²) >= 11 is 3.21. The molecule has 0 aliphatic carbocycles. The van der Waals surface area contributed by atoms with Crippen LogP contribution in [-0.4, -0.2) is 33.8 Å². The third kappa shape index (κ3) is 4.85. The molecule has 1 atom stereocenters. The Morgan fingerprint density at radius 1 is 1.47 bits per heavy atom. The van der Waals surface area contributed by atoms with E-state index in [-0.39, 0.29) is 17.4 Å². The Balaban J connectivity index is 2.88. The van der Waals surface area contributed by atoms with Crippen molar-refractivity contribution in [2.45, 2.75) is 18.4 Å². The van der Waals surface area contributed by atoms with Gasteiger partial charge in [-0.15, -0.1) is 0 Å². The second kappa shape index (κ2) is 7.35. The van der Waals surface area contributed by atoms with E-state index >= 15 is 0 Å². The van der Waals surface area contributed by atoms with Crippen LogP contribution in [0.5, 0.6) is 0 Å². The van der Waals surface area contributed by atoms with Crippen molar-refractivity contribution in [3.8, 4) is 0 Å². The Morgan fingerprint density at radius 3 is 2.74 bits per heavy atom. The van der Waals surface area contributed by atoms with Crippen molar-refractivity contribution in [2.24, 2.45) is 5.92 Å². The molecule has 2 N–H and O–H groups in total. The zero-order chi connectivity index (χ0) is 14.5. The van der Waals surface area contributed by atoms with E-state index in [1.165, 1.54) is 6.07 Å². The lowest BCUT2D eigenvalue weighted by molar-refractivity contribution is 0.161. The summed E-state index contributed by atoms with van der Waals surface area (Å²) in [4.78, 5) is 0.128. The van der Waals surface area contributed by atoms with E-state index in [9.17, 15) is 8.42 Å². The van der Waals surface area contributed by atoms with Crippen LogP contribution in [0, 0.1) is 5.92 Å². The lowest BCUT2D eigenvalue weighted by atomic mass is 10.2. The number of nitrogens with one attached hydrogen (secondary N) is 1. The number of hydrogen-bond acceptors (Lipinski definition) is 4. The molecule has 0 saturated carbocycles. The molecule has 0 heterocycles. The van der Waals surface area contributed by atoms with E-state index in [0.717, 1.165) is 0 Å². The highest BCUT2D eigenvalue weighted by atomic mass is 79.9. The smallest absolute Gasteiger partial charge is 0.241 e. The molecule has 7 heteroatoms. The lowest BCUT2D eigenvalue weighted by Gasteiger charge is -2.13. The molecular formula is C12H18BrNO4S. The van der Waals surface area contributed by atoms with Gasteiger partial charge in [-0.2, -0.15) is 0 Å². The molecule has 108 valence electrons. The number of halogens is 1. The van der Waals surface area contributed by atoms with Gasteiger partial charge in [-0.25, -0.2) is 13.1 Å². The maximum Gasteiger partial charge on any atom is 0.241 e. The van der Waals surface area contributed by atoms with Crippen LogP contribution in [0.25, 0.3) is 0 Å². The average molecular weight is 352 g/mol. The third-order valence-electron chi connectivity index (χ3n) is 2.54. The Kier molecular flexibility index (Phi) is 6.41. The number of aliphatic hydroxyl groups is 1. The molecule has 5 nitrogen and oxygen atoms in total. The van der Waals surface area contributed by atoms with Crippen LogP contribution in [0.4, 0.5) is 0 Å². The summed E-state index contributed by atoms with van der Waals surface area (Å²) in [5.74, 6) is 0.0829. The average Bonchev–Trinajstić information content (AvgIpc) is 2.37. The van der Waals surface area contributed by atoms with Gasteiger partial charge in [0, 0.05) is 24.7 Å². The maximum atomic E-state index is 12.2. The molecule has 0 fully saturated rings. The van der Waals surface area contributed by atoms with Gasteiger partial charge in [-0.05, 0) is 39.5 Å². The minimum Gasteiger partial charge on any atom is -0.392 e. The van der Waals surface area contributed by atoms with Crippen molar-refractivity contribution in [2.75, 3.05) is 20.3 Å². The Labute approximate surface area is 122 Å². The second-order valence-corrected chi connectivity index (χ2v) is 6.93. The summed E-state index contributed by atoms with van der Waals surface area (Å²) < 4.78 is 32.3. The fraction of sp³-hybridized carbons (Fsp3) is 0.500. The molecule has 1 aromatic carbocycles. The predicted molar refractivity (Wildman–Crippen MR) is 76.3 cm³/mol. The first-order valence-corrected chi connectivity index (χ1v) is 8.06. The van der Waals surface area contributed by atoms with Gasteiger partial charge >= 0.3 is 0 Å². The van der Waals surface area contributed by atoms with Gasteiger partial charge in [0.15, 0.2) is 0 Å². The van der Waals surface area contributed by atoms with Crippen LogP contribution in [0.3, 0.4) is 0 Å². The Morgan fingerprint density at radius 2 is 2.16 bits per heavy atom. The SMILES string of the molecule is COCC(C)CNS(=O)(=O)c1cc(CO)ccc1Br. The van der Waals surface area contributed by atoms with Crippen LogP contribution >= 0.6 is 15.9 Å². The van der Waals surface area contributed by atoms with Gasteiger partial charge in [0.05, 0.1) is 11.5 Å². The zero-order valence-electron chi connectivity index (χ0n) is 10.9. The predicted octanol–water partition coefficient (Wildman–Crippen LogP) is 1.50. The standard InChI is InChI=1S/C12H18BrNO4S/c1-9(8-18-2)6-14-19(16,17)12-5-10(7-15)3-4-11(12)13/h3-5,9,14-15H,6-8H2,1-2H3. The van der Waals surface area contributed by atoms with Gasteiger partial charge < -0.3 is 9.84 Å². The van der Waals surface area contributed by atoms with Gasteiger partial charge in [0.2, 0.25) is 10.0 Å². The fourth-order valence-corrected chi connectivity index (χ4v) is 3.70. The highest BCUT2D eigenvalue weighted by molar-refractivity contribution is 9.10. The monoisotopic (exact) mass is 351 g/mol. The van der Waals surface area contributed by atoms with Crippen molar-refractivity contribution in [3.63, 3.8) is 0 Å². The molecule has 0 aromatic heterocycles. The summed E-state index contributed by atoms with van der Waals surface area (Å²) in [6.45, 7) is 2.48.